The van der Waals surface area contributed by atoms with Gasteiger partial charge in [-0.1, -0.05) is 0 Å². The average Bonchev–Trinajstić information content (AvgIpc) is 2.63. The number of rotatable bonds is 2. The lowest BCUT2D eigenvalue weighted by molar-refractivity contribution is 0.141. The molecule has 1 saturated heterocycles. The normalized spacial score (nSPS) is 22.8. The third-order valence-electron chi connectivity index (χ3n) is 1.57. The fraction of sp³-hybridized carbons (Fsp3) is 0.667. The molecule has 1 aliphatic heterocycles. The van der Waals surface area contributed by atoms with Gasteiger partial charge in [-0.3, -0.25) is 4.37 Å². The molecule has 0 aliphatic carbocycles. The minimum absolute atomic E-state index is 0.152. The molecule has 1 atom stereocenters. The summed E-state index contributed by atoms with van der Waals surface area (Å²) in [6.07, 6.45) is 1.09. The number of aromatic amines is 1. The maximum atomic E-state index is 5.48. The molecule has 1 aromatic heterocycles. The molecule has 1 aromatic rings. The van der Waals surface area contributed by atoms with E-state index in [1.807, 2.05) is 0 Å². The van der Waals surface area contributed by atoms with Crippen molar-refractivity contribution in [1.29, 1.82) is 0 Å². The lowest BCUT2D eigenvalue weighted by Gasteiger charge is -2.06. The lowest BCUT2D eigenvalue weighted by atomic mass is 10.3. The van der Waals surface area contributed by atoms with Crippen molar-refractivity contribution in [3.63, 3.8) is 0 Å². The van der Waals surface area contributed by atoms with Gasteiger partial charge in [0.25, 0.3) is 5.19 Å². The first-order valence-corrected chi connectivity index (χ1v) is 4.87. The smallest absolute Gasteiger partial charge is 0.292 e. The summed E-state index contributed by atoms with van der Waals surface area (Å²) >= 11 is 6.12. The Hall–Kier alpha value is -0.460. The van der Waals surface area contributed by atoms with E-state index < -0.39 is 0 Å². The first-order valence-electron chi connectivity index (χ1n) is 3.64. The van der Waals surface area contributed by atoms with Gasteiger partial charge in [0.05, 0.1) is 13.2 Å². The van der Waals surface area contributed by atoms with E-state index in [-0.39, 0.29) is 6.10 Å². The Labute approximate surface area is 78.7 Å². The molecule has 66 valence electrons. The molecule has 1 fully saturated rings. The van der Waals surface area contributed by atoms with Crippen molar-refractivity contribution in [1.82, 2.24) is 9.36 Å². The zero-order chi connectivity index (χ0) is 8.39. The lowest BCUT2D eigenvalue weighted by Crippen LogP contribution is -2.15. The third kappa shape index (κ3) is 1.82. The first-order chi connectivity index (χ1) is 5.84. The second-order valence-corrected chi connectivity index (χ2v) is 3.63. The molecular weight excluding hydrogens is 196 g/mol. The second kappa shape index (κ2) is 3.51. The number of ether oxygens (including phenoxy) is 2. The van der Waals surface area contributed by atoms with Crippen LogP contribution in [-0.4, -0.2) is 28.7 Å². The predicted octanol–water partition coefficient (Wildman–Crippen LogP) is 1.37. The minimum atomic E-state index is 0.152. The van der Waals surface area contributed by atoms with Crippen LogP contribution < -0.4 is 4.74 Å². The summed E-state index contributed by atoms with van der Waals surface area (Å²) in [6, 6.07) is 0. The number of hydrogen-bond donors (Lipinski definition) is 1. The molecule has 1 N–H and O–H groups in total. The second-order valence-electron chi connectivity index (χ2n) is 2.49. The van der Waals surface area contributed by atoms with Crippen molar-refractivity contribution in [2.45, 2.75) is 12.5 Å². The van der Waals surface area contributed by atoms with Crippen LogP contribution in [0.5, 0.6) is 5.19 Å². The molecule has 0 saturated carbocycles. The van der Waals surface area contributed by atoms with Crippen LogP contribution >= 0.6 is 23.8 Å². The van der Waals surface area contributed by atoms with Gasteiger partial charge in [-0.25, -0.2) is 0 Å². The first kappa shape index (κ1) is 8.15. The standard InChI is InChI=1S/C6H8N2O2S2/c11-5-7-6(12-8-5)10-4-1-2-9-3-4/h4H,1-3H2,(H,8,11). The summed E-state index contributed by atoms with van der Waals surface area (Å²) in [5, 5.41) is 0.607. The average molecular weight is 204 g/mol. The Morgan fingerprint density at radius 2 is 2.67 bits per heavy atom. The van der Waals surface area contributed by atoms with Gasteiger partial charge in [0.1, 0.15) is 6.10 Å². The molecule has 0 spiro atoms. The Morgan fingerprint density at radius 1 is 1.75 bits per heavy atom. The van der Waals surface area contributed by atoms with Crippen LogP contribution in [-0.2, 0) is 4.74 Å². The van der Waals surface area contributed by atoms with E-state index in [2.05, 4.69) is 9.36 Å². The number of aromatic nitrogens is 2. The SMILES string of the molecule is S=c1nc(OC2CCOC2)s[nH]1. The van der Waals surface area contributed by atoms with Crippen molar-refractivity contribution >= 4 is 23.8 Å². The summed E-state index contributed by atoms with van der Waals surface area (Å²) < 4.78 is 13.9. The molecule has 2 rings (SSSR count). The summed E-state index contributed by atoms with van der Waals surface area (Å²) in [5.74, 6) is 0. The van der Waals surface area contributed by atoms with Crippen LogP contribution in [0.4, 0.5) is 0 Å². The summed E-state index contributed by atoms with van der Waals surface area (Å²) in [4.78, 5) is 3.97. The van der Waals surface area contributed by atoms with E-state index in [1.165, 1.54) is 11.5 Å². The highest BCUT2D eigenvalue weighted by atomic mass is 32.1. The highest BCUT2D eigenvalue weighted by Crippen LogP contribution is 2.17. The zero-order valence-electron chi connectivity index (χ0n) is 6.28. The van der Waals surface area contributed by atoms with Crippen molar-refractivity contribution in [2.75, 3.05) is 13.2 Å². The van der Waals surface area contributed by atoms with Crippen LogP contribution in [0.15, 0.2) is 0 Å². The Morgan fingerprint density at radius 3 is 3.25 bits per heavy atom. The van der Waals surface area contributed by atoms with Crippen LogP contribution in [0.25, 0.3) is 0 Å². The minimum Gasteiger partial charge on any atom is -0.463 e. The topological polar surface area (TPSA) is 47.1 Å². The maximum absolute atomic E-state index is 5.48. The van der Waals surface area contributed by atoms with E-state index in [9.17, 15) is 0 Å². The molecule has 0 bridgehead atoms. The fourth-order valence-corrected chi connectivity index (χ4v) is 1.82. The van der Waals surface area contributed by atoms with Gasteiger partial charge in [0.2, 0.25) is 4.77 Å². The summed E-state index contributed by atoms with van der Waals surface area (Å²) in [5.41, 5.74) is 0. The van der Waals surface area contributed by atoms with E-state index in [0.717, 1.165) is 13.0 Å². The third-order valence-corrected chi connectivity index (χ3v) is 2.55. The van der Waals surface area contributed by atoms with Gasteiger partial charge in [0.15, 0.2) is 0 Å². The van der Waals surface area contributed by atoms with Crippen molar-refractivity contribution in [3.05, 3.63) is 4.77 Å². The Kier molecular flexibility index (Phi) is 2.38. The van der Waals surface area contributed by atoms with Crippen LogP contribution in [0.1, 0.15) is 6.42 Å². The van der Waals surface area contributed by atoms with Gasteiger partial charge in [0, 0.05) is 6.42 Å². The van der Waals surface area contributed by atoms with E-state index in [1.54, 1.807) is 0 Å². The maximum Gasteiger partial charge on any atom is 0.292 e. The quantitative estimate of drug-likeness (QED) is 0.739. The number of nitrogens with zero attached hydrogens (tertiary/aromatic N) is 1. The molecule has 4 nitrogen and oxygen atoms in total. The molecule has 2 heterocycles. The zero-order valence-corrected chi connectivity index (χ0v) is 7.91. The number of nitrogens with one attached hydrogen (secondary N) is 1. The van der Waals surface area contributed by atoms with E-state index >= 15 is 0 Å². The van der Waals surface area contributed by atoms with Crippen LogP contribution in [0.3, 0.4) is 0 Å². The number of hydrogen-bond acceptors (Lipinski definition) is 5. The molecular formula is C6H8N2O2S2. The molecule has 0 radical (unpaired) electrons. The van der Waals surface area contributed by atoms with E-state index in [4.69, 9.17) is 21.7 Å². The molecule has 12 heavy (non-hydrogen) atoms. The molecule has 0 amide bonds. The largest absolute Gasteiger partial charge is 0.463 e. The van der Waals surface area contributed by atoms with Crippen LogP contribution in [0.2, 0.25) is 0 Å². The summed E-state index contributed by atoms with van der Waals surface area (Å²) in [6.45, 7) is 1.44. The fourth-order valence-electron chi connectivity index (χ4n) is 1.01. The molecule has 1 aliphatic rings. The van der Waals surface area contributed by atoms with Gasteiger partial charge < -0.3 is 9.47 Å². The van der Waals surface area contributed by atoms with Crippen molar-refractivity contribution < 1.29 is 9.47 Å². The monoisotopic (exact) mass is 204 g/mol. The molecule has 0 aromatic carbocycles. The Bertz CT molecular complexity index is 302. The van der Waals surface area contributed by atoms with Gasteiger partial charge in [-0.2, -0.15) is 4.98 Å². The molecule has 6 heteroatoms. The van der Waals surface area contributed by atoms with Gasteiger partial charge in [-0.05, 0) is 23.8 Å². The van der Waals surface area contributed by atoms with Crippen molar-refractivity contribution in [3.8, 4) is 5.19 Å². The number of H-pyrrole nitrogens is 1. The van der Waals surface area contributed by atoms with Crippen molar-refractivity contribution in [2.24, 2.45) is 0 Å². The summed E-state index contributed by atoms with van der Waals surface area (Å²) in [7, 11) is 0. The highest BCUT2D eigenvalue weighted by Gasteiger charge is 2.18. The van der Waals surface area contributed by atoms with Gasteiger partial charge >= 0.3 is 0 Å². The van der Waals surface area contributed by atoms with Crippen LogP contribution in [0, 0.1) is 4.77 Å². The predicted molar refractivity (Wildman–Crippen MR) is 47.2 cm³/mol. The molecule has 1 unspecified atom stereocenters. The Balaban J connectivity index is 1.98. The van der Waals surface area contributed by atoms with Gasteiger partial charge in [-0.15, -0.1) is 0 Å². The highest BCUT2D eigenvalue weighted by molar-refractivity contribution is 7.71. The van der Waals surface area contributed by atoms with E-state index in [0.29, 0.717) is 16.6 Å².